The Morgan fingerprint density at radius 1 is 1.04 bits per heavy atom. The summed E-state index contributed by atoms with van der Waals surface area (Å²) < 4.78 is 11.0. The Bertz CT molecular complexity index is 909. The number of rotatable bonds is 8. The molecule has 1 atom stereocenters. The van der Waals surface area contributed by atoms with Gasteiger partial charge in [0, 0.05) is 4.88 Å². The molecule has 1 aromatic heterocycles. The Hall–Kier alpha value is -3.12. The minimum atomic E-state index is -0.888. The Balaban J connectivity index is 1.52. The van der Waals surface area contributed by atoms with Gasteiger partial charge in [-0.3, -0.25) is 4.79 Å². The second kappa shape index (κ2) is 9.71. The zero-order valence-electron chi connectivity index (χ0n) is 15.5. The highest BCUT2D eigenvalue weighted by molar-refractivity contribution is 7.09. The molecule has 6 heteroatoms. The third-order valence-corrected chi connectivity index (χ3v) is 4.86. The van der Waals surface area contributed by atoms with Gasteiger partial charge in [0.25, 0.3) is 5.91 Å². The standard InChI is InChI=1S/C22H21NO4S/c1-16(21(24)23-14-20-11-6-12-28-20)27-22(25)18-9-5-10-19(13-18)26-15-17-7-3-2-4-8-17/h2-13,16H,14-15H2,1H3,(H,23,24). The molecule has 0 aliphatic heterocycles. The van der Waals surface area contributed by atoms with Crippen LogP contribution in [0.1, 0.15) is 27.7 Å². The lowest BCUT2D eigenvalue weighted by molar-refractivity contribution is -0.129. The van der Waals surface area contributed by atoms with Gasteiger partial charge in [0.2, 0.25) is 0 Å². The van der Waals surface area contributed by atoms with Crippen molar-refractivity contribution in [1.29, 1.82) is 0 Å². The number of ether oxygens (including phenoxy) is 2. The van der Waals surface area contributed by atoms with E-state index in [0.717, 1.165) is 10.4 Å². The summed E-state index contributed by atoms with van der Waals surface area (Å²) in [7, 11) is 0. The van der Waals surface area contributed by atoms with Crippen LogP contribution >= 0.6 is 11.3 Å². The molecule has 1 amide bonds. The van der Waals surface area contributed by atoms with Crippen molar-refractivity contribution in [3.63, 3.8) is 0 Å². The van der Waals surface area contributed by atoms with Crippen molar-refractivity contribution >= 4 is 23.2 Å². The van der Waals surface area contributed by atoms with E-state index >= 15 is 0 Å². The molecule has 0 bridgehead atoms. The smallest absolute Gasteiger partial charge is 0.339 e. The Morgan fingerprint density at radius 2 is 1.86 bits per heavy atom. The maximum atomic E-state index is 12.4. The van der Waals surface area contributed by atoms with Crippen LogP contribution < -0.4 is 10.1 Å². The monoisotopic (exact) mass is 395 g/mol. The number of carbonyl (C=O) groups excluding carboxylic acids is 2. The molecule has 2 aromatic carbocycles. The van der Waals surface area contributed by atoms with Crippen molar-refractivity contribution in [1.82, 2.24) is 5.32 Å². The van der Waals surface area contributed by atoms with Crippen LogP contribution in [0.2, 0.25) is 0 Å². The van der Waals surface area contributed by atoms with E-state index in [9.17, 15) is 9.59 Å². The van der Waals surface area contributed by atoms with E-state index < -0.39 is 12.1 Å². The van der Waals surface area contributed by atoms with Crippen LogP contribution in [0, 0.1) is 0 Å². The molecule has 0 aliphatic carbocycles. The normalized spacial score (nSPS) is 11.5. The summed E-state index contributed by atoms with van der Waals surface area (Å²) in [4.78, 5) is 25.5. The fourth-order valence-corrected chi connectivity index (χ4v) is 3.11. The second-order valence-electron chi connectivity index (χ2n) is 6.15. The minimum absolute atomic E-state index is 0.335. The van der Waals surface area contributed by atoms with E-state index in [1.165, 1.54) is 0 Å². The summed E-state index contributed by atoms with van der Waals surface area (Å²) in [6, 6.07) is 20.4. The van der Waals surface area contributed by atoms with Gasteiger partial charge in [-0.1, -0.05) is 42.5 Å². The molecule has 0 spiro atoms. The molecule has 0 aliphatic rings. The summed E-state index contributed by atoms with van der Waals surface area (Å²) in [6.07, 6.45) is -0.888. The second-order valence-corrected chi connectivity index (χ2v) is 7.18. The molecular formula is C22H21NO4S. The van der Waals surface area contributed by atoms with Crippen molar-refractivity contribution in [2.45, 2.75) is 26.2 Å². The summed E-state index contributed by atoms with van der Waals surface area (Å²) in [5.41, 5.74) is 1.37. The predicted octanol–water partition coefficient (Wildman–Crippen LogP) is 4.19. The number of amides is 1. The van der Waals surface area contributed by atoms with Gasteiger partial charge in [-0.05, 0) is 42.1 Å². The summed E-state index contributed by atoms with van der Waals surface area (Å²) in [5.74, 6) is -0.338. The Labute approximate surface area is 167 Å². The first-order valence-corrected chi connectivity index (χ1v) is 9.77. The van der Waals surface area contributed by atoms with Gasteiger partial charge in [0.1, 0.15) is 12.4 Å². The Kier molecular flexibility index (Phi) is 6.81. The molecular weight excluding hydrogens is 374 g/mol. The number of benzene rings is 2. The quantitative estimate of drug-likeness (QED) is 0.581. The first-order valence-electron chi connectivity index (χ1n) is 8.89. The van der Waals surface area contributed by atoms with Crippen LogP contribution in [0.3, 0.4) is 0 Å². The minimum Gasteiger partial charge on any atom is -0.489 e. The lowest BCUT2D eigenvalue weighted by atomic mass is 10.2. The van der Waals surface area contributed by atoms with Crippen molar-refractivity contribution in [3.8, 4) is 5.75 Å². The first kappa shape index (κ1) is 19.6. The third kappa shape index (κ3) is 5.69. The van der Waals surface area contributed by atoms with E-state index in [-0.39, 0.29) is 5.91 Å². The van der Waals surface area contributed by atoms with Gasteiger partial charge in [-0.15, -0.1) is 11.3 Å². The number of hydrogen-bond acceptors (Lipinski definition) is 5. The van der Waals surface area contributed by atoms with Crippen molar-refractivity contribution in [2.24, 2.45) is 0 Å². The molecule has 0 saturated carbocycles. The fraction of sp³-hybridized carbons (Fsp3) is 0.182. The van der Waals surface area contributed by atoms with E-state index in [1.807, 2.05) is 47.8 Å². The molecule has 0 radical (unpaired) electrons. The van der Waals surface area contributed by atoms with Gasteiger partial charge in [-0.2, -0.15) is 0 Å². The van der Waals surface area contributed by atoms with E-state index in [0.29, 0.717) is 24.5 Å². The maximum Gasteiger partial charge on any atom is 0.339 e. The largest absolute Gasteiger partial charge is 0.489 e. The molecule has 3 aromatic rings. The van der Waals surface area contributed by atoms with E-state index in [4.69, 9.17) is 9.47 Å². The number of thiophene rings is 1. The number of carbonyl (C=O) groups is 2. The highest BCUT2D eigenvalue weighted by atomic mass is 32.1. The predicted molar refractivity (Wildman–Crippen MR) is 108 cm³/mol. The molecule has 28 heavy (non-hydrogen) atoms. The van der Waals surface area contributed by atoms with Gasteiger partial charge in [-0.25, -0.2) is 4.79 Å². The molecule has 144 valence electrons. The number of nitrogens with one attached hydrogen (secondary N) is 1. The maximum absolute atomic E-state index is 12.4. The van der Waals surface area contributed by atoms with Crippen molar-refractivity contribution in [2.75, 3.05) is 0 Å². The molecule has 0 saturated heterocycles. The summed E-state index contributed by atoms with van der Waals surface area (Å²) in [5, 5.41) is 4.70. The highest BCUT2D eigenvalue weighted by Gasteiger charge is 2.19. The SMILES string of the molecule is CC(OC(=O)c1cccc(OCc2ccccc2)c1)C(=O)NCc1cccs1. The van der Waals surface area contributed by atoms with Crippen LogP contribution in [-0.2, 0) is 22.7 Å². The topological polar surface area (TPSA) is 64.6 Å². The lowest BCUT2D eigenvalue weighted by Gasteiger charge is -2.14. The van der Waals surface area contributed by atoms with Crippen LogP contribution in [0.5, 0.6) is 5.75 Å². The van der Waals surface area contributed by atoms with Crippen molar-refractivity contribution < 1.29 is 19.1 Å². The average molecular weight is 395 g/mol. The molecule has 1 N–H and O–H groups in total. The number of hydrogen-bond donors (Lipinski definition) is 1. The molecule has 1 heterocycles. The molecule has 1 unspecified atom stereocenters. The van der Waals surface area contributed by atoms with Gasteiger partial charge in [0.05, 0.1) is 12.1 Å². The first-order chi connectivity index (χ1) is 13.6. The van der Waals surface area contributed by atoms with Gasteiger partial charge < -0.3 is 14.8 Å². The van der Waals surface area contributed by atoms with E-state index in [2.05, 4.69) is 5.32 Å². The third-order valence-electron chi connectivity index (χ3n) is 3.99. The summed E-state index contributed by atoms with van der Waals surface area (Å²) >= 11 is 1.56. The van der Waals surface area contributed by atoms with Crippen molar-refractivity contribution in [3.05, 3.63) is 88.1 Å². The highest BCUT2D eigenvalue weighted by Crippen LogP contribution is 2.16. The van der Waals surface area contributed by atoms with E-state index in [1.54, 1.807) is 42.5 Å². The zero-order valence-corrected chi connectivity index (χ0v) is 16.3. The van der Waals surface area contributed by atoms with Gasteiger partial charge >= 0.3 is 5.97 Å². The fourth-order valence-electron chi connectivity index (χ4n) is 2.47. The van der Waals surface area contributed by atoms with Gasteiger partial charge in [0.15, 0.2) is 6.10 Å². The summed E-state index contributed by atoms with van der Waals surface area (Å²) in [6.45, 7) is 2.37. The lowest BCUT2D eigenvalue weighted by Crippen LogP contribution is -2.35. The number of esters is 1. The van der Waals surface area contributed by atoms with Crippen LogP contribution in [-0.4, -0.2) is 18.0 Å². The Morgan fingerprint density at radius 3 is 2.61 bits per heavy atom. The molecule has 3 rings (SSSR count). The average Bonchev–Trinajstić information content (AvgIpc) is 3.25. The van der Waals surface area contributed by atoms with Crippen LogP contribution in [0.25, 0.3) is 0 Å². The van der Waals surface area contributed by atoms with Crippen LogP contribution in [0.4, 0.5) is 0 Å². The molecule has 0 fully saturated rings. The molecule has 5 nitrogen and oxygen atoms in total. The zero-order chi connectivity index (χ0) is 19.8. The van der Waals surface area contributed by atoms with Crippen LogP contribution in [0.15, 0.2) is 72.1 Å².